The quantitative estimate of drug-likeness (QED) is 0.0261. The Bertz CT molecular complexity index is 1450. The third kappa shape index (κ3) is 61.4. The minimum absolute atomic E-state index is 0.0942. The van der Waals surface area contributed by atoms with Crippen LogP contribution in [0.25, 0.3) is 0 Å². The van der Waals surface area contributed by atoms with Crippen LogP contribution in [-0.2, 0) is 28.6 Å². The van der Waals surface area contributed by atoms with Crippen LogP contribution in [0.2, 0.25) is 0 Å². The molecule has 0 aliphatic carbocycles. The molecule has 6 nitrogen and oxygen atoms in total. The van der Waals surface area contributed by atoms with Gasteiger partial charge in [0, 0.05) is 19.3 Å². The van der Waals surface area contributed by atoms with E-state index in [1.807, 2.05) is 0 Å². The maximum atomic E-state index is 12.9. The fourth-order valence-corrected chi connectivity index (χ4v) is 9.27. The van der Waals surface area contributed by atoms with E-state index in [4.69, 9.17) is 14.2 Å². The molecule has 0 aromatic heterocycles. The van der Waals surface area contributed by atoms with Crippen LogP contribution in [0.1, 0.15) is 323 Å². The Hall–Kier alpha value is -3.41. The second kappa shape index (κ2) is 64.1. The standard InChI is InChI=1S/C70H122O6/c1-4-7-10-13-16-19-22-25-28-30-32-34-35-37-38-40-42-45-48-51-54-57-60-63-69(72)75-66-67(65-74-68(71)62-59-56-53-50-47-44-27-24-21-18-15-12-9-6-3)76-70(73)64-61-58-55-52-49-46-43-41-39-36-33-31-29-26-23-20-17-14-11-8-5-2/h8,11,17,20,24,26-27,29,33,36,41,43,49,52,67H,4-7,9-10,12-16,18-19,21-23,25,28,30-32,34-35,37-40,42,44-48,50-51,53-66H2,1-3H3/b11-8-,20-17-,27-24-,29-26-,36-33-,43-41-,52-49-. The number of hydrogen-bond donors (Lipinski definition) is 0. The number of rotatable bonds is 59. The third-order valence-electron chi connectivity index (χ3n) is 14.1. The first-order valence-corrected chi connectivity index (χ1v) is 32.6. The highest BCUT2D eigenvalue weighted by Gasteiger charge is 2.19. The van der Waals surface area contributed by atoms with E-state index >= 15 is 0 Å². The van der Waals surface area contributed by atoms with Crippen LogP contribution in [0.5, 0.6) is 0 Å². The highest BCUT2D eigenvalue weighted by atomic mass is 16.6. The van der Waals surface area contributed by atoms with Gasteiger partial charge in [0.15, 0.2) is 6.10 Å². The molecule has 0 saturated carbocycles. The third-order valence-corrected chi connectivity index (χ3v) is 14.1. The van der Waals surface area contributed by atoms with E-state index in [0.717, 1.165) is 96.3 Å². The van der Waals surface area contributed by atoms with Gasteiger partial charge in [0.05, 0.1) is 0 Å². The summed E-state index contributed by atoms with van der Waals surface area (Å²) in [5.41, 5.74) is 0. The van der Waals surface area contributed by atoms with Crippen LogP contribution in [0.15, 0.2) is 85.1 Å². The van der Waals surface area contributed by atoms with Crippen molar-refractivity contribution in [2.24, 2.45) is 0 Å². The number of allylic oxidation sites excluding steroid dienone is 14. The Balaban J connectivity index is 4.39. The first-order chi connectivity index (χ1) is 37.5. The predicted octanol–water partition coefficient (Wildman–Crippen LogP) is 22.3. The molecule has 0 heterocycles. The molecule has 0 radical (unpaired) electrons. The monoisotopic (exact) mass is 1060 g/mol. The lowest BCUT2D eigenvalue weighted by Gasteiger charge is -2.18. The Morgan fingerprint density at radius 1 is 0.276 bits per heavy atom. The second-order valence-corrected chi connectivity index (χ2v) is 21.6. The van der Waals surface area contributed by atoms with Gasteiger partial charge < -0.3 is 14.2 Å². The number of unbranched alkanes of at least 4 members (excludes halogenated alkanes) is 34. The van der Waals surface area contributed by atoms with E-state index in [1.165, 1.54) is 180 Å². The number of hydrogen-bond acceptors (Lipinski definition) is 6. The smallest absolute Gasteiger partial charge is 0.306 e. The molecule has 0 fully saturated rings. The van der Waals surface area contributed by atoms with Crippen LogP contribution in [-0.4, -0.2) is 37.2 Å². The summed E-state index contributed by atoms with van der Waals surface area (Å²) in [4.78, 5) is 38.3. The predicted molar refractivity (Wildman–Crippen MR) is 330 cm³/mol. The Morgan fingerprint density at radius 3 is 0.842 bits per heavy atom. The van der Waals surface area contributed by atoms with Crippen LogP contribution < -0.4 is 0 Å². The van der Waals surface area contributed by atoms with Crippen molar-refractivity contribution in [1.82, 2.24) is 0 Å². The van der Waals surface area contributed by atoms with Gasteiger partial charge in [-0.1, -0.05) is 292 Å². The number of ether oxygens (including phenoxy) is 3. The summed E-state index contributed by atoms with van der Waals surface area (Å²) in [6.07, 6.45) is 84.5. The maximum Gasteiger partial charge on any atom is 0.306 e. The highest BCUT2D eigenvalue weighted by Crippen LogP contribution is 2.17. The fraction of sp³-hybridized carbons (Fsp3) is 0.757. The number of carbonyl (C=O) groups is 3. The minimum atomic E-state index is -0.803. The Labute approximate surface area is 471 Å². The maximum absolute atomic E-state index is 12.9. The lowest BCUT2D eigenvalue weighted by molar-refractivity contribution is -0.167. The van der Waals surface area contributed by atoms with E-state index in [0.29, 0.717) is 19.3 Å². The fourth-order valence-electron chi connectivity index (χ4n) is 9.27. The zero-order chi connectivity index (χ0) is 55.0. The highest BCUT2D eigenvalue weighted by molar-refractivity contribution is 5.71. The molecule has 76 heavy (non-hydrogen) atoms. The molecule has 0 rings (SSSR count). The summed E-state index contributed by atoms with van der Waals surface area (Å²) < 4.78 is 16.9. The molecule has 0 saturated heterocycles. The molecule has 0 aliphatic heterocycles. The SMILES string of the molecule is CC/C=C\C/C=C\C/C=C\C/C=C\C/C=C\C/C=C\CCCCC(=O)OC(COC(=O)CCCCCCC/C=C\CCCCCCC)COC(=O)CCCCCCCCCCCCCCCCCCCCCCCCC. The summed E-state index contributed by atoms with van der Waals surface area (Å²) in [6, 6.07) is 0. The normalized spacial score (nSPS) is 12.6. The van der Waals surface area contributed by atoms with Gasteiger partial charge in [-0.3, -0.25) is 14.4 Å². The molecular formula is C70H122O6. The molecule has 1 atom stereocenters. The summed E-state index contributed by atoms with van der Waals surface area (Å²) in [7, 11) is 0. The van der Waals surface area contributed by atoms with Crippen molar-refractivity contribution in [2.45, 2.75) is 329 Å². The van der Waals surface area contributed by atoms with E-state index in [9.17, 15) is 14.4 Å². The Morgan fingerprint density at radius 2 is 0.513 bits per heavy atom. The average molecular weight is 1060 g/mol. The van der Waals surface area contributed by atoms with Gasteiger partial charge in [-0.15, -0.1) is 0 Å². The summed E-state index contributed by atoms with van der Waals surface area (Å²) >= 11 is 0. The van der Waals surface area contributed by atoms with Crippen molar-refractivity contribution >= 4 is 17.9 Å². The van der Waals surface area contributed by atoms with Gasteiger partial charge >= 0.3 is 17.9 Å². The molecule has 0 spiro atoms. The van der Waals surface area contributed by atoms with Gasteiger partial charge in [0.25, 0.3) is 0 Å². The van der Waals surface area contributed by atoms with Crippen LogP contribution >= 0.6 is 0 Å². The number of carbonyl (C=O) groups excluding carboxylic acids is 3. The van der Waals surface area contributed by atoms with Crippen molar-refractivity contribution in [1.29, 1.82) is 0 Å². The molecule has 0 bridgehead atoms. The second-order valence-electron chi connectivity index (χ2n) is 21.6. The minimum Gasteiger partial charge on any atom is -0.462 e. The van der Waals surface area contributed by atoms with Gasteiger partial charge in [0.2, 0.25) is 0 Å². The van der Waals surface area contributed by atoms with Crippen molar-refractivity contribution in [3.63, 3.8) is 0 Å². The summed E-state index contributed by atoms with van der Waals surface area (Å²) in [6.45, 7) is 6.51. The van der Waals surface area contributed by atoms with E-state index < -0.39 is 6.10 Å². The van der Waals surface area contributed by atoms with Crippen molar-refractivity contribution in [3.05, 3.63) is 85.1 Å². The number of esters is 3. The lowest BCUT2D eigenvalue weighted by atomic mass is 10.0. The topological polar surface area (TPSA) is 78.9 Å². The van der Waals surface area contributed by atoms with Gasteiger partial charge in [0.1, 0.15) is 13.2 Å². The zero-order valence-electron chi connectivity index (χ0n) is 50.3. The van der Waals surface area contributed by atoms with E-state index in [-0.39, 0.29) is 37.5 Å². The summed E-state index contributed by atoms with van der Waals surface area (Å²) in [5, 5.41) is 0. The zero-order valence-corrected chi connectivity index (χ0v) is 50.3. The first-order valence-electron chi connectivity index (χ1n) is 32.6. The van der Waals surface area contributed by atoms with Gasteiger partial charge in [-0.25, -0.2) is 0 Å². The van der Waals surface area contributed by atoms with Crippen LogP contribution in [0.3, 0.4) is 0 Å². The molecule has 0 aliphatic rings. The van der Waals surface area contributed by atoms with Gasteiger partial charge in [-0.2, -0.15) is 0 Å². The van der Waals surface area contributed by atoms with Crippen molar-refractivity contribution in [3.8, 4) is 0 Å². The summed E-state index contributed by atoms with van der Waals surface area (Å²) in [5.74, 6) is -0.933. The van der Waals surface area contributed by atoms with E-state index in [2.05, 4.69) is 106 Å². The molecule has 6 heteroatoms. The lowest BCUT2D eigenvalue weighted by Crippen LogP contribution is -2.30. The largest absolute Gasteiger partial charge is 0.462 e. The molecule has 438 valence electrons. The molecular weight excluding hydrogens is 937 g/mol. The molecule has 0 amide bonds. The first kappa shape index (κ1) is 72.6. The average Bonchev–Trinajstić information content (AvgIpc) is 3.42. The van der Waals surface area contributed by atoms with Crippen molar-refractivity contribution < 1.29 is 28.6 Å². The molecule has 0 N–H and O–H groups in total. The molecule has 0 aromatic rings. The molecule has 1 unspecified atom stereocenters. The van der Waals surface area contributed by atoms with Crippen LogP contribution in [0, 0.1) is 0 Å². The Kier molecular flexibility index (Phi) is 61.2. The van der Waals surface area contributed by atoms with E-state index in [1.54, 1.807) is 0 Å². The van der Waals surface area contributed by atoms with Crippen LogP contribution in [0.4, 0.5) is 0 Å². The van der Waals surface area contributed by atoms with Crippen molar-refractivity contribution in [2.75, 3.05) is 13.2 Å². The molecule has 0 aromatic carbocycles. The van der Waals surface area contributed by atoms with Gasteiger partial charge in [-0.05, 0) is 96.3 Å².